The van der Waals surface area contributed by atoms with Gasteiger partial charge in [0.05, 0.1) is 5.92 Å². The third-order valence-corrected chi connectivity index (χ3v) is 2.73. The van der Waals surface area contributed by atoms with Crippen LogP contribution in [0.25, 0.3) is 0 Å². The SMILES string of the molecule is CC(C)C(=O)OC(I)c1ccccc1. The summed E-state index contributed by atoms with van der Waals surface area (Å²) in [6.07, 6.45) is 0. The van der Waals surface area contributed by atoms with E-state index in [1.807, 2.05) is 44.2 Å². The topological polar surface area (TPSA) is 26.3 Å². The number of rotatable bonds is 3. The molecule has 0 aliphatic heterocycles. The summed E-state index contributed by atoms with van der Waals surface area (Å²) in [6.45, 7) is 3.66. The number of benzene rings is 1. The van der Waals surface area contributed by atoms with Crippen molar-refractivity contribution in [3.63, 3.8) is 0 Å². The van der Waals surface area contributed by atoms with Gasteiger partial charge in [-0.2, -0.15) is 0 Å². The van der Waals surface area contributed by atoms with Crippen molar-refractivity contribution in [2.24, 2.45) is 5.92 Å². The number of alkyl halides is 1. The molecule has 0 heterocycles. The Bertz CT molecular complexity index is 295. The number of hydrogen-bond donors (Lipinski definition) is 0. The molecule has 0 bridgehead atoms. The fourth-order valence-corrected chi connectivity index (χ4v) is 1.58. The number of ether oxygens (including phenoxy) is 1. The lowest BCUT2D eigenvalue weighted by molar-refractivity contribution is -0.148. The largest absolute Gasteiger partial charge is 0.447 e. The van der Waals surface area contributed by atoms with Gasteiger partial charge in [-0.1, -0.05) is 44.2 Å². The monoisotopic (exact) mass is 304 g/mol. The summed E-state index contributed by atoms with van der Waals surface area (Å²) in [6, 6.07) is 9.71. The van der Waals surface area contributed by atoms with Gasteiger partial charge >= 0.3 is 5.97 Å². The van der Waals surface area contributed by atoms with Crippen LogP contribution in [0.1, 0.15) is 23.5 Å². The molecule has 0 aromatic heterocycles. The minimum absolute atomic E-state index is 0.0732. The average Bonchev–Trinajstić information content (AvgIpc) is 2.19. The highest BCUT2D eigenvalue weighted by Crippen LogP contribution is 2.25. The van der Waals surface area contributed by atoms with E-state index in [0.717, 1.165) is 5.56 Å². The van der Waals surface area contributed by atoms with Crippen LogP contribution in [-0.2, 0) is 9.53 Å². The summed E-state index contributed by atoms with van der Waals surface area (Å²) in [5.74, 6) is -0.232. The third kappa shape index (κ3) is 3.29. The van der Waals surface area contributed by atoms with E-state index in [4.69, 9.17) is 4.74 Å². The number of carbonyl (C=O) groups excluding carboxylic acids is 1. The lowest BCUT2D eigenvalue weighted by Crippen LogP contribution is -2.12. The molecular weight excluding hydrogens is 291 g/mol. The number of carbonyl (C=O) groups is 1. The standard InChI is InChI=1S/C11H13IO2/c1-8(2)11(13)14-10(12)9-6-4-3-5-7-9/h3-8,10H,1-2H3. The Kier molecular flexibility index (Phi) is 4.38. The highest BCUT2D eigenvalue weighted by molar-refractivity contribution is 14.1. The van der Waals surface area contributed by atoms with Gasteiger partial charge in [-0.3, -0.25) is 4.79 Å². The quantitative estimate of drug-likeness (QED) is 0.486. The minimum Gasteiger partial charge on any atom is -0.447 e. The van der Waals surface area contributed by atoms with Gasteiger partial charge in [0.15, 0.2) is 4.11 Å². The Labute approximate surface area is 97.8 Å². The molecule has 76 valence electrons. The average molecular weight is 304 g/mol. The number of halogens is 1. The smallest absolute Gasteiger partial charge is 0.309 e. The zero-order valence-corrected chi connectivity index (χ0v) is 10.4. The normalized spacial score (nSPS) is 12.6. The molecule has 0 saturated heterocycles. The zero-order chi connectivity index (χ0) is 10.6. The van der Waals surface area contributed by atoms with Crippen molar-refractivity contribution in [3.05, 3.63) is 35.9 Å². The molecule has 0 spiro atoms. The first kappa shape index (κ1) is 11.5. The van der Waals surface area contributed by atoms with Crippen LogP contribution in [0.4, 0.5) is 0 Å². The Balaban J connectivity index is 2.59. The van der Waals surface area contributed by atoms with Gasteiger partial charge in [-0.05, 0) is 22.6 Å². The molecule has 0 fully saturated rings. The molecule has 0 N–H and O–H groups in total. The fraction of sp³-hybridized carbons (Fsp3) is 0.364. The zero-order valence-electron chi connectivity index (χ0n) is 8.24. The highest BCUT2D eigenvalue weighted by Gasteiger charge is 2.15. The molecule has 2 nitrogen and oxygen atoms in total. The van der Waals surface area contributed by atoms with E-state index in [1.165, 1.54) is 0 Å². The van der Waals surface area contributed by atoms with E-state index in [1.54, 1.807) is 0 Å². The maximum atomic E-state index is 11.3. The second kappa shape index (κ2) is 5.34. The van der Waals surface area contributed by atoms with Crippen molar-refractivity contribution >= 4 is 28.6 Å². The van der Waals surface area contributed by atoms with Crippen LogP contribution >= 0.6 is 22.6 Å². The molecule has 14 heavy (non-hydrogen) atoms. The van der Waals surface area contributed by atoms with Gasteiger partial charge in [-0.15, -0.1) is 0 Å². The molecule has 1 aromatic rings. The van der Waals surface area contributed by atoms with Crippen LogP contribution in [0, 0.1) is 5.92 Å². The van der Waals surface area contributed by atoms with Crippen LogP contribution in [0.15, 0.2) is 30.3 Å². The highest BCUT2D eigenvalue weighted by atomic mass is 127. The van der Waals surface area contributed by atoms with Crippen molar-refractivity contribution in [1.82, 2.24) is 0 Å². The van der Waals surface area contributed by atoms with Crippen LogP contribution in [-0.4, -0.2) is 5.97 Å². The maximum absolute atomic E-state index is 11.3. The van der Waals surface area contributed by atoms with E-state index in [9.17, 15) is 4.79 Å². The molecule has 1 atom stereocenters. The molecule has 1 rings (SSSR count). The Morgan fingerprint density at radius 2 is 1.86 bits per heavy atom. The molecule has 1 aromatic carbocycles. The van der Waals surface area contributed by atoms with Gasteiger partial charge < -0.3 is 4.74 Å². The van der Waals surface area contributed by atoms with Crippen molar-refractivity contribution in [1.29, 1.82) is 0 Å². The first-order chi connectivity index (χ1) is 6.61. The van der Waals surface area contributed by atoms with Crippen LogP contribution in [0.3, 0.4) is 0 Å². The third-order valence-electron chi connectivity index (χ3n) is 1.75. The molecule has 0 aliphatic rings. The second-order valence-electron chi connectivity index (χ2n) is 3.32. The fourth-order valence-electron chi connectivity index (χ4n) is 0.910. The molecular formula is C11H13IO2. The van der Waals surface area contributed by atoms with Gasteiger partial charge in [0.25, 0.3) is 0 Å². The van der Waals surface area contributed by atoms with Gasteiger partial charge in [0.2, 0.25) is 0 Å². The first-order valence-corrected chi connectivity index (χ1v) is 5.75. The van der Waals surface area contributed by atoms with E-state index < -0.39 is 0 Å². The predicted molar refractivity (Wildman–Crippen MR) is 64.1 cm³/mol. The van der Waals surface area contributed by atoms with E-state index >= 15 is 0 Å². The summed E-state index contributed by atoms with van der Waals surface area (Å²) in [4.78, 5) is 11.3. The van der Waals surface area contributed by atoms with E-state index in [-0.39, 0.29) is 16.0 Å². The molecule has 0 saturated carbocycles. The molecule has 0 radical (unpaired) electrons. The Hall–Kier alpha value is -0.580. The lowest BCUT2D eigenvalue weighted by atomic mass is 10.2. The van der Waals surface area contributed by atoms with Gasteiger partial charge in [0.1, 0.15) is 0 Å². The number of hydrogen-bond acceptors (Lipinski definition) is 2. The van der Waals surface area contributed by atoms with Crippen LogP contribution in [0.2, 0.25) is 0 Å². The van der Waals surface area contributed by atoms with Crippen molar-refractivity contribution in [2.45, 2.75) is 18.0 Å². The summed E-state index contributed by atoms with van der Waals surface area (Å²) in [5, 5.41) is 0. The van der Waals surface area contributed by atoms with Crippen molar-refractivity contribution < 1.29 is 9.53 Å². The van der Waals surface area contributed by atoms with E-state index in [0.29, 0.717) is 0 Å². The van der Waals surface area contributed by atoms with Gasteiger partial charge in [0, 0.05) is 5.56 Å². The maximum Gasteiger partial charge on any atom is 0.309 e. The first-order valence-electron chi connectivity index (χ1n) is 4.50. The summed E-state index contributed by atoms with van der Waals surface area (Å²) < 4.78 is 5.05. The second-order valence-corrected chi connectivity index (χ2v) is 4.45. The van der Waals surface area contributed by atoms with Crippen LogP contribution < -0.4 is 0 Å². The summed E-state index contributed by atoms with van der Waals surface area (Å²) >= 11 is 2.11. The predicted octanol–water partition coefficient (Wildman–Crippen LogP) is 3.32. The lowest BCUT2D eigenvalue weighted by Gasteiger charge is -2.13. The number of esters is 1. The van der Waals surface area contributed by atoms with Crippen LogP contribution in [0.5, 0.6) is 0 Å². The summed E-state index contributed by atoms with van der Waals surface area (Å²) in [5.41, 5.74) is 1.02. The van der Waals surface area contributed by atoms with Crippen molar-refractivity contribution in [3.8, 4) is 0 Å². The van der Waals surface area contributed by atoms with E-state index in [2.05, 4.69) is 22.6 Å². The van der Waals surface area contributed by atoms with Crippen molar-refractivity contribution in [2.75, 3.05) is 0 Å². The molecule has 0 amide bonds. The Morgan fingerprint density at radius 3 is 2.36 bits per heavy atom. The molecule has 0 aliphatic carbocycles. The Morgan fingerprint density at radius 1 is 1.29 bits per heavy atom. The van der Waals surface area contributed by atoms with Gasteiger partial charge in [-0.25, -0.2) is 0 Å². The molecule has 1 unspecified atom stereocenters. The summed E-state index contributed by atoms with van der Waals surface area (Å²) in [7, 11) is 0. The minimum atomic E-state index is -0.191. The molecule has 3 heteroatoms.